The van der Waals surface area contributed by atoms with Crippen molar-refractivity contribution in [1.82, 2.24) is 0 Å². The van der Waals surface area contributed by atoms with Crippen molar-refractivity contribution in [2.75, 3.05) is 6.61 Å². The van der Waals surface area contributed by atoms with E-state index in [9.17, 15) is 0 Å². The summed E-state index contributed by atoms with van der Waals surface area (Å²) in [6.45, 7) is 0.687. The normalized spacial score (nSPS) is 25.2. The molecule has 2 unspecified atom stereocenters. The average Bonchev–Trinajstić information content (AvgIpc) is 2.36. The van der Waals surface area contributed by atoms with Crippen LogP contribution in [-0.2, 0) is 4.74 Å². The highest BCUT2D eigenvalue weighted by atomic mass is 16.5. The van der Waals surface area contributed by atoms with Crippen molar-refractivity contribution in [3.8, 4) is 0 Å². The van der Waals surface area contributed by atoms with Crippen LogP contribution in [0.15, 0.2) is 36.4 Å². The van der Waals surface area contributed by atoms with Crippen LogP contribution in [0.5, 0.6) is 0 Å². The number of benzene rings is 1. The van der Waals surface area contributed by atoms with Crippen LogP contribution < -0.4 is 5.73 Å². The second-order valence-electron chi connectivity index (χ2n) is 4.70. The quantitative estimate of drug-likeness (QED) is 0.864. The van der Waals surface area contributed by atoms with Gasteiger partial charge in [0.15, 0.2) is 0 Å². The van der Waals surface area contributed by atoms with Gasteiger partial charge in [-0.05, 0) is 31.2 Å². The highest BCUT2D eigenvalue weighted by Gasteiger charge is 2.18. The molecule has 1 fully saturated rings. The molecule has 1 saturated carbocycles. The Labute approximate surface area is 103 Å². The lowest BCUT2D eigenvalue weighted by Crippen LogP contribution is -2.32. The minimum Gasteiger partial charge on any atom is -0.374 e. The first-order valence-corrected chi connectivity index (χ1v) is 6.43. The van der Waals surface area contributed by atoms with Gasteiger partial charge >= 0.3 is 0 Å². The number of hydrogen-bond donors (Lipinski definition) is 1. The van der Waals surface area contributed by atoms with Crippen LogP contribution in [0.1, 0.15) is 31.2 Å². The van der Waals surface area contributed by atoms with Gasteiger partial charge in [0.05, 0.1) is 12.7 Å². The molecule has 2 heteroatoms. The smallest absolute Gasteiger partial charge is 0.0654 e. The second-order valence-corrected chi connectivity index (χ2v) is 4.70. The molecule has 0 amide bonds. The Morgan fingerprint density at radius 1 is 1.24 bits per heavy atom. The third-order valence-electron chi connectivity index (χ3n) is 3.20. The molecule has 2 rings (SSSR count). The first-order chi connectivity index (χ1) is 8.34. The largest absolute Gasteiger partial charge is 0.374 e. The third-order valence-corrected chi connectivity index (χ3v) is 3.20. The zero-order valence-corrected chi connectivity index (χ0v) is 10.2. The summed E-state index contributed by atoms with van der Waals surface area (Å²) in [4.78, 5) is 0. The highest BCUT2D eigenvalue weighted by molar-refractivity contribution is 5.48. The van der Waals surface area contributed by atoms with Gasteiger partial charge in [-0.1, -0.05) is 42.5 Å². The van der Waals surface area contributed by atoms with Crippen LogP contribution >= 0.6 is 0 Å². The molecule has 92 valence electrons. The van der Waals surface area contributed by atoms with Gasteiger partial charge in [-0.15, -0.1) is 0 Å². The minimum absolute atomic E-state index is 0.340. The average molecular weight is 231 g/mol. The fourth-order valence-corrected chi connectivity index (χ4v) is 2.27. The van der Waals surface area contributed by atoms with Crippen molar-refractivity contribution in [3.63, 3.8) is 0 Å². The molecule has 0 bridgehead atoms. The minimum atomic E-state index is 0.340. The van der Waals surface area contributed by atoms with E-state index in [2.05, 4.69) is 24.3 Å². The molecule has 17 heavy (non-hydrogen) atoms. The maximum Gasteiger partial charge on any atom is 0.0654 e. The summed E-state index contributed by atoms with van der Waals surface area (Å²) in [7, 11) is 0. The number of hydrogen-bond acceptors (Lipinski definition) is 2. The van der Waals surface area contributed by atoms with E-state index in [1.807, 2.05) is 18.2 Å². The molecule has 0 radical (unpaired) electrons. The van der Waals surface area contributed by atoms with Gasteiger partial charge in [0, 0.05) is 6.04 Å². The van der Waals surface area contributed by atoms with Crippen LogP contribution in [0.4, 0.5) is 0 Å². The monoisotopic (exact) mass is 231 g/mol. The van der Waals surface area contributed by atoms with E-state index in [1.54, 1.807) is 0 Å². The summed E-state index contributed by atoms with van der Waals surface area (Å²) >= 11 is 0. The van der Waals surface area contributed by atoms with Crippen molar-refractivity contribution in [2.45, 2.75) is 37.8 Å². The zero-order valence-electron chi connectivity index (χ0n) is 10.2. The summed E-state index contributed by atoms with van der Waals surface area (Å²) < 4.78 is 5.81. The first kappa shape index (κ1) is 12.3. The molecule has 1 aromatic rings. The van der Waals surface area contributed by atoms with Gasteiger partial charge in [0.2, 0.25) is 0 Å². The third kappa shape index (κ3) is 4.33. The molecule has 2 N–H and O–H groups in total. The molecule has 0 spiro atoms. The number of ether oxygens (including phenoxy) is 1. The van der Waals surface area contributed by atoms with E-state index < -0.39 is 0 Å². The highest BCUT2D eigenvalue weighted by Crippen LogP contribution is 2.19. The summed E-state index contributed by atoms with van der Waals surface area (Å²) in [5, 5.41) is 0. The molecule has 0 heterocycles. The fraction of sp³-hybridized carbons (Fsp3) is 0.467. The fourth-order valence-electron chi connectivity index (χ4n) is 2.27. The van der Waals surface area contributed by atoms with Crippen LogP contribution in [0, 0.1) is 0 Å². The van der Waals surface area contributed by atoms with Crippen molar-refractivity contribution in [1.29, 1.82) is 0 Å². The Morgan fingerprint density at radius 3 is 2.82 bits per heavy atom. The maximum atomic E-state index is 5.92. The van der Waals surface area contributed by atoms with Gasteiger partial charge < -0.3 is 10.5 Å². The van der Waals surface area contributed by atoms with Gasteiger partial charge in [0.1, 0.15) is 0 Å². The Morgan fingerprint density at radius 2 is 2.06 bits per heavy atom. The summed E-state index contributed by atoms with van der Waals surface area (Å²) in [5.41, 5.74) is 7.14. The van der Waals surface area contributed by atoms with E-state index in [4.69, 9.17) is 10.5 Å². The SMILES string of the molecule is NC1CCCC(OCC=Cc2ccccc2)C1. The van der Waals surface area contributed by atoms with Gasteiger partial charge in [-0.25, -0.2) is 0 Å². The van der Waals surface area contributed by atoms with Crippen LogP contribution in [0.3, 0.4) is 0 Å². The molecule has 1 aromatic carbocycles. The van der Waals surface area contributed by atoms with E-state index in [1.165, 1.54) is 12.0 Å². The lowest BCUT2D eigenvalue weighted by molar-refractivity contribution is 0.0413. The predicted octanol–water partition coefficient (Wildman–Crippen LogP) is 2.99. The molecule has 0 saturated heterocycles. The van der Waals surface area contributed by atoms with E-state index in [0.717, 1.165) is 19.3 Å². The lowest BCUT2D eigenvalue weighted by atomic mass is 9.94. The number of rotatable bonds is 4. The van der Waals surface area contributed by atoms with E-state index in [0.29, 0.717) is 18.8 Å². The van der Waals surface area contributed by atoms with Crippen molar-refractivity contribution < 1.29 is 4.74 Å². The van der Waals surface area contributed by atoms with E-state index >= 15 is 0 Å². The number of nitrogens with two attached hydrogens (primary N) is 1. The Bertz CT molecular complexity index is 347. The van der Waals surface area contributed by atoms with Crippen LogP contribution in [0.2, 0.25) is 0 Å². The van der Waals surface area contributed by atoms with Crippen LogP contribution in [0.25, 0.3) is 6.08 Å². The first-order valence-electron chi connectivity index (χ1n) is 6.43. The van der Waals surface area contributed by atoms with E-state index in [-0.39, 0.29) is 0 Å². The Kier molecular flexibility index (Phi) is 4.77. The summed E-state index contributed by atoms with van der Waals surface area (Å²) in [6, 6.07) is 10.6. The maximum absolute atomic E-state index is 5.92. The molecular weight excluding hydrogens is 210 g/mol. The molecule has 1 aliphatic rings. The predicted molar refractivity (Wildman–Crippen MR) is 71.7 cm³/mol. The Hall–Kier alpha value is -1.12. The summed E-state index contributed by atoms with van der Waals surface area (Å²) in [6.07, 6.45) is 9.07. The van der Waals surface area contributed by atoms with Crippen molar-refractivity contribution >= 4 is 6.08 Å². The van der Waals surface area contributed by atoms with Gasteiger partial charge in [-0.2, -0.15) is 0 Å². The van der Waals surface area contributed by atoms with Crippen molar-refractivity contribution in [3.05, 3.63) is 42.0 Å². The lowest BCUT2D eigenvalue weighted by Gasteiger charge is -2.26. The van der Waals surface area contributed by atoms with Gasteiger partial charge in [-0.3, -0.25) is 0 Å². The molecule has 1 aliphatic carbocycles. The second kappa shape index (κ2) is 6.58. The van der Waals surface area contributed by atoms with Crippen LogP contribution in [-0.4, -0.2) is 18.8 Å². The molecule has 0 aliphatic heterocycles. The van der Waals surface area contributed by atoms with Gasteiger partial charge in [0.25, 0.3) is 0 Å². The standard InChI is InChI=1S/C15H21NO/c16-14-9-4-10-15(12-14)17-11-5-8-13-6-2-1-3-7-13/h1-3,5-8,14-15H,4,9-12,16H2. The zero-order chi connectivity index (χ0) is 11.9. The topological polar surface area (TPSA) is 35.2 Å². The van der Waals surface area contributed by atoms with Crippen molar-refractivity contribution in [2.24, 2.45) is 5.73 Å². The Balaban J connectivity index is 1.70. The molecular formula is C15H21NO. The molecule has 0 aromatic heterocycles. The molecule has 2 nitrogen and oxygen atoms in total. The summed E-state index contributed by atoms with van der Waals surface area (Å²) in [5.74, 6) is 0. The molecule has 2 atom stereocenters.